The molecule has 0 saturated carbocycles. The van der Waals surface area contributed by atoms with Gasteiger partial charge in [-0.2, -0.15) is 5.10 Å². The van der Waals surface area contributed by atoms with Crippen LogP contribution >= 0.6 is 11.6 Å². The second kappa shape index (κ2) is 6.92. The Hall–Kier alpha value is -3.79. The third-order valence-electron chi connectivity index (χ3n) is 5.07. The van der Waals surface area contributed by atoms with Crippen molar-refractivity contribution in [2.45, 2.75) is 5.54 Å². The van der Waals surface area contributed by atoms with Crippen LogP contribution in [0.4, 0.5) is 11.4 Å². The first-order valence-corrected chi connectivity index (χ1v) is 9.01. The average molecular weight is 429 g/mol. The number of hydrogen-bond donors (Lipinski definition) is 1. The molecule has 0 unspecified atom stereocenters. The van der Waals surface area contributed by atoms with E-state index in [0.29, 0.717) is 0 Å². The summed E-state index contributed by atoms with van der Waals surface area (Å²) in [6.07, 6.45) is 0. The molecule has 2 aromatic carbocycles. The van der Waals surface area contributed by atoms with Crippen LogP contribution in [0, 0.1) is 16.0 Å². The third-order valence-corrected chi connectivity index (χ3v) is 5.39. The Bertz CT molecular complexity index is 1150. The number of methoxy groups -OCH3 is 1. The fourth-order valence-electron chi connectivity index (χ4n) is 3.71. The molecular formula is C19H13ClN4O6. The number of anilines is 1. The zero-order valence-corrected chi connectivity index (χ0v) is 16.1. The molecule has 1 saturated heterocycles. The summed E-state index contributed by atoms with van der Waals surface area (Å²) >= 11 is 6.20. The highest BCUT2D eigenvalue weighted by molar-refractivity contribution is 6.48. The molecule has 0 aliphatic carbocycles. The zero-order chi connectivity index (χ0) is 21.6. The first kappa shape index (κ1) is 19.5. The van der Waals surface area contributed by atoms with Gasteiger partial charge in [0.1, 0.15) is 5.92 Å². The van der Waals surface area contributed by atoms with Gasteiger partial charge in [0, 0.05) is 12.1 Å². The summed E-state index contributed by atoms with van der Waals surface area (Å²) in [4.78, 5) is 50.7. The summed E-state index contributed by atoms with van der Waals surface area (Å²) in [6.45, 7) is 0. The lowest BCUT2D eigenvalue weighted by Crippen LogP contribution is -2.48. The summed E-state index contributed by atoms with van der Waals surface area (Å²) < 4.78 is 4.71. The van der Waals surface area contributed by atoms with Gasteiger partial charge in [-0.25, -0.2) is 9.69 Å². The van der Waals surface area contributed by atoms with Crippen molar-refractivity contribution in [1.29, 1.82) is 0 Å². The number of amides is 2. The molecule has 0 radical (unpaired) electrons. The quantitative estimate of drug-likeness (QED) is 0.339. The second-order valence-electron chi connectivity index (χ2n) is 6.58. The Balaban J connectivity index is 1.93. The number of halogens is 1. The fraction of sp³-hybridized carbons (Fsp3) is 0.158. The van der Waals surface area contributed by atoms with Crippen molar-refractivity contribution in [3.8, 4) is 0 Å². The van der Waals surface area contributed by atoms with E-state index in [4.69, 9.17) is 16.3 Å². The predicted octanol–water partition coefficient (Wildman–Crippen LogP) is 1.77. The summed E-state index contributed by atoms with van der Waals surface area (Å²) in [5.41, 5.74) is 0.371. The van der Waals surface area contributed by atoms with E-state index in [-0.39, 0.29) is 27.7 Å². The molecule has 2 amide bonds. The number of para-hydroxylation sites is 1. The van der Waals surface area contributed by atoms with Gasteiger partial charge < -0.3 is 4.74 Å². The topological polar surface area (TPSA) is 131 Å². The third kappa shape index (κ3) is 2.57. The van der Waals surface area contributed by atoms with Crippen LogP contribution in [0.15, 0.2) is 53.6 Å². The number of ether oxygens (including phenoxy) is 1. The van der Waals surface area contributed by atoms with Gasteiger partial charge in [0.25, 0.3) is 11.6 Å². The van der Waals surface area contributed by atoms with Gasteiger partial charge in [0.2, 0.25) is 5.91 Å². The number of nitro benzene ring substituents is 1. The molecule has 1 N–H and O–H groups in total. The molecule has 10 nitrogen and oxygen atoms in total. The van der Waals surface area contributed by atoms with Crippen molar-refractivity contribution >= 4 is 46.5 Å². The van der Waals surface area contributed by atoms with Crippen LogP contribution in [-0.4, -0.2) is 35.5 Å². The number of carbonyl (C=O) groups is 3. The number of esters is 1. The minimum absolute atomic E-state index is 0.109. The van der Waals surface area contributed by atoms with Crippen molar-refractivity contribution < 1.29 is 24.0 Å². The van der Waals surface area contributed by atoms with E-state index in [0.717, 1.165) is 18.1 Å². The zero-order valence-electron chi connectivity index (χ0n) is 15.4. The van der Waals surface area contributed by atoms with E-state index in [2.05, 4.69) is 10.5 Å². The fourth-order valence-corrected chi connectivity index (χ4v) is 3.93. The number of carbonyl (C=O) groups excluding carboxylic acids is 3. The molecular weight excluding hydrogens is 416 g/mol. The average Bonchev–Trinajstić information content (AvgIpc) is 3.24. The molecule has 2 heterocycles. The molecule has 11 heteroatoms. The molecule has 30 heavy (non-hydrogen) atoms. The van der Waals surface area contributed by atoms with E-state index in [1.54, 1.807) is 12.1 Å². The molecule has 2 atom stereocenters. The molecule has 2 aromatic rings. The number of benzene rings is 2. The van der Waals surface area contributed by atoms with Gasteiger partial charge in [0.15, 0.2) is 11.3 Å². The number of nitrogens with one attached hydrogen (secondary N) is 1. The van der Waals surface area contributed by atoms with Crippen molar-refractivity contribution in [1.82, 2.24) is 5.43 Å². The van der Waals surface area contributed by atoms with Crippen molar-refractivity contribution in [2.24, 2.45) is 11.0 Å². The van der Waals surface area contributed by atoms with Crippen LogP contribution in [0.25, 0.3) is 0 Å². The summed E-state index contributed by atoms with van der Waals surface area (Å²) in [5, 5.41) is 15.3. The number of imide groups is 1. The molecule has 0 bridgehead atoms. The number of hydrazone groups is 1. The van der Waals surface area contributed by atoms with Gasteiger partial charge in [-0.1, -0.05) is 35.9 Å². The monoisotopic (exact) mass is 428 g/mol. The number of non-ortho nitro benzene ring substituents is 1. The molecule has 4 rings (SSSR count). The van der Waals surface area contributed by atoms with Crippen molar-refractivity contribution in [2.75, 3.05) is 12.0 Å². The van der Waals surface area contributed by atoms with E-state index in [1.165, 1.54) is 30.3 Å². The van der Waals surface area contributed by atoms with Crippen LogP contribution in [0.3, 0.4) is 0 Å². The maximum atomic E-state index is 13.6. The molecule has 0 aromatic heterocycles. The molecule has 1 fully saturated rings. The SMILES string of the molecule is COC(=O)C1=NN[C@@]2(c3cccc([N+](=O)[O-])c3)C(=O)N(c3ccccc3Cl)C(=O)[C@H]12. The van der Waals surface area contributed by atoms with Gasteiger partial charge in [-0.3, -0.25) is 25.1 Å². The van der Waals surface area contributed by atoms with Crippen molar-refractivity contribution in [3.05, 3.63) is 69.2 Å². The van der Waals surface area contributed by atoms with E-state index in [1.807, 2.05) is 0 Å². The Labute approximate surface area is 174 Å². The Morgan fingerprint density at radius 2 is 2.00 bits per heavy atom. The van der Waals surface area contributed by atoms with Gasteiger partial charge in [-0.05, 0) is 17.7 Å². The summed E-state index contributed by atoms with van der Waals surface area (Å²) in [5.74, 6) is -3.82. The van der Waals surface area contributed by atoms with E-state index in [9.17, 15) is 24.5 Å². The van der Waals surface area contributed by atoms with Gasteiger partial charge in [-0.15, -0.1) is 0 Å². The van der Waals surface area contributed by atoms with Crippen LogP contribution < -0.4 is 10.3 Å². The standard InChI is InChI=1S/C19H13ClN4O6/c1-30-17(26)15-14-16(25)23(13-8-3-2-7-12(13)20)18(27)19(14,22-21-15)10-5-4-6-11(9-10)24(28)29/h2-9,14,22H,1H3/t14-,19+/m0/s1. The molecule has 0 spiro atoms. The molecule has 2 aliphatic rings. The number of hydrogen-bond acceptors (Lipinski definition) is 8. The number of nitro groups is 1. The Morgan fingerprint density at radius 1 is 1.27 bits per heavy atom. The summed E-state index contributed by atoms with van der Waals surface area (Å²) in [6, 6.07) is 11.5. The highest BCUT2D eigenvalue weighted by Gasteiger charge is 2.67. The van der Waals surface area contributed by atoms with E-state index >= 15 is 0 Å². The highest BCUT2D eigenvalue weighted by Crippen LogP contribution is 2.46. The first-order valence-electron chi connectivity index (χ1n) is 8.64. The lowest BCUT2D eigenvalue weighted by atomic mass is 9.78. The lowest BCUT2D eigenvalue weighted by Gasteiger charge is -2.26. The predicted molar refractivity (Wildman–Crippen MR) is 105 cm³/mol. The minimum atomic E-state index is -1.86. The smallest absolute Gasteiger partial charge is 0.355 e. The maximum absolute atomic E-state index is 13.6. The van der Waals surface area contributed by atoms with Crippen LogP contribution in [0.1, 0.15) is 5.56 Å². The summed E-state index contributed by atoms with van der Waals surface area (Å²) in [7, 11) is 1.12. The van der Waals surface area contributed by atoms with E-state index < -0.39 is 34.2 Å². The molecule has 2 aliphatic heterocycles. The first-order chi connectivity index (χ1) is 14.3. The Morgan fingerprint density at radius 3 is 2.67 bits per heavy atom. The van der Waals surface area contributed by atoms with Crippen LogP contribution in [0.5, 0.6) is 0 Å². The van der Waals surface area contributed by atoms with Gasteiger partial charge in [0.05, 0.1) is 22.7 Å². The number of fused-ring (bicyclic) bond motifs is 1. The molecule has 152 valence electrons. The normalized spacial score (nSPS) is 22.4. The largest absolute Gasteiger partial charge is 0.464 e. The Kier molecular flexibility index (Phi) is 4.50. The van der Waals surface area contributed by atoms with Crippen LogP contribution in [-0.2, 0) is 24.7 Å². The van der Waals surface area contributed by atoms with Gasteiger partial charge >= 0.3 is 5.97 Å². The number of nitrogens with zero attached hydrogens (tertiary/aromatic N) is 3. The van der Waals surface area contributed by atoms with Crippen molar-refractivity contribution in [3.63, 3.8) is 0 Å². The lowest BCUT2D eigenvalue weighted by molar-refractivity contribution is -0.385. The second-order valence-corrected chi connectivity index (χ2v) is 6.99. The maximum Gasteiger partial charge on any atom is 0.355 e. The van der Waals surface area contributed by atoms with Crippen LogP contribution in [0.2, 0.25) is 5.02 Å². The number of rotatable bonds is 4. The highest BCUT2D eigenvalue weighted by atomic mass is 35.5. The minimum Gasteiger partial charge on any atom is -0.464 e.